The van der Waals surface area contributed by atoms with Crippen molar-refractivity contribution in [1.29, 1.82) is 0 Å². The first kappa shape index (κ1) is 12.6. The Kier molecular flexibility index (Phi) is 3.59. The molecule has 0 radical (unpaired) electrons. The molecular formula is C17H16N2O. The van der Waals surface area contributed by atoms with Gasteiger partial charge < -0.3 is 4.57 Å². The minimum Gasteiger partial charge on any atom is -0.305 e. The summed E-state index contributed by atoms with van der Waals surface area (Å²) < 4.78 is 1.81. The first-order valence-electron chi connectivity index (χ1n) is 6.83. The van der Waals surface area contributed by atoms with Crippen molar-refractivity contribution in [3.8, 4) is 0 Å². The van der Waals surface area contributed by atoms with Gasteiger partial charge in [0.1, 0.15) is 0 Å². The van der Waals surface area contributed by atoms with E-state index in [1.807, 2.05) is 47.0 Å². The quantitative estimate of drug-likeness (QED) is 0.726. The van der Waals surface area contributed by atoms with Crippen LogP contribution in [-0.2, 0) is 13.0 Å². The van der Waals surface area contributed by atoms with Crippen molar-refractivity contribution in [2.45, 2.75) is 19.4 Å². The van der Waals surface area contributed by atoms with Crippen LogP contribution in [0.3, 0.4) is 0 Å². The Balaban J connectivity index is 1.81. The van der Waals surface area contributed by atoms with Crippen LogP contribution in [0.1, 0.15) is 12.0 Å². The average molecular weight is 264 g/mol. The molecule has 1 aromatic heterocycles. The van der Waals surface area contributed by atoms with Crippen molar-refractivity contribution in [3.05, 3.63) is 76.7 Å². The van der Waals surface area contributed by atoms with Gasteiger partial charge in [-0.05, 0) is 30.5 Å². The van der Waals surface area contributed by atoms with E-state index >= 15 is 0 Å². The Bertz CT molecular complexity index is 763. The lowest BCUT2D eigenvalue weighted by molar-refractivity contribution is 0.639. The van der Waals surface area contributed by atoms with Gasteiger partial charge in [0.05, 0.1) is 17.2 Å². The molecule has 3 heteroatoms. The largest absolute Gasteiger partial charge is 0.305 e. The summed E-state index contributed by atoms with van der Waals surface area (Å²) in [4.78, 5) is 16.2. The molecule has 3 nitrogen and oxygen atoms in total. The molecule has 2 aromatic carbocycles. The second kappa shape index (κ2) is 5.70. The van der Waals surface area contributed by atoms with E-state index in [0.717, 1.165) is 30.4 Å². The lowest BCUT2D eigenvalue weighted by Gasteiger charge is -2.09. The normalized spacial score (nSPS) is 10.8. The average Bonchev–Trinajstić information content (AvgIpc) is 2.50. The minimum absolute atomic E-state index is 0.0308. The van der Waals surface area contributed by atoms with E-state index in [2.05, 4.69) is 17.1 Å². The van der Waals surface area contributed by atoms with Gasteiger partial charge in [-0.3, -0.25) is 4.79 Å². The van der Waals surface area contributed by atoms with Crippen molar-refractivity contribution in [2.24, 2.45) is 0 Å². The van der Waals surface area contributed by atoms with E-state index < -0.39 is 0 Å². The second-order valence-corrected chi connectivity index (χ2v) is 4.83. The Hall–Kier alpha value is -2.42. The number of rotatable bonds is 4. The van der Waals surface area contributed by atoms with Crippen LogP contribution >= 0.6 is 0 Å². The summed E-state index contributed by atoms with van der Waals surface area (Å²) in [6.07, 6.45) is 3.33. The topological polar surface area (TPSA) is 34.9 Å². The first-order chi connectivity index (χ1) is 9.84. The molecule has 0 spiro atoms. The van der Waals surface area contributed by atoms with E-state index in [1.54, 1.807) is 0 Å². The molecule has 0 amide bonds. The van der Waals surface area contributed by atoms with Gasteiger partial charge in [-0.25, -0.2) is 4.98 Å². The molecule has 0 bridgehead atoms. The number of aromatic nitrogens is 2. The van der Waals surface area contributed by atoms with E-state index in [4.69, 9.17) is 0 Å². The third kappa shape index (κ3) is 2.62. The van der Waals surface area contributed by atoms with Crippen LogP contribution in [0.25, 0.3) is 11.0 Å². The lowest BCUT2D eigenvalue weighted by atomic mass is 10.1. The summed E-state index contributed by atoms with van der Waals surface area (Å²) in [5.41, 5.74) is 3.05. The van der Waals surface area contributed by atoms with E-state index in [0.29, 0.717) is 0 Å². The summed E-state index contributed by atoms with van der Waals surface area (Å²) in [5, 5.41) is 0. The predicted octanol–water partition coefficient (Wildman–Crippen LogP) is 3.03. The number of para-hydroxylation sites is 2. The molecule has 0 aliphatic rings. The molecule has 100 valence electrons. The predicted molar refractivity (Wildman–Crippen MR) is 80.8 cm³/mol. The lowest BCUT2D eigenvalue weighted by Crippen LogP contribution is -2.20. The molecule has 0 aliphatic carbocycles. The van der Waals surface area contributed by atoms with Crippen LogP contribution in [0.5, 0.6) is 0 Å². The van der Waals surface area contributed by atoms with E-state index in [1.165, 1.54) is 11.8 Å². The SMILES string of the molecule is O=c1cnc2ccccc2n1CCCc1ccccc1. The Morgan fingerprint density at radius 3 is 2.55 bits per heavy atom. The molecule has 0 unspecified atom stereocenters. The number of aryl methyl sites for hydroxylation is 2. The molecule has 0 saturated carbocycles. The van der Waals surface area contributed by atoms with Crippen molar-refractivity contribution < 1.29 is 0 Å². The molecule has 3 rings (SSSR count). The van der Waals surface area contributed by atoms with Gasteiger partial charge >= 0.3 is 0 Å². The Labute approximate surface area is 117 Å². The summed E-state index contributed by atoms with van der Waals surface area (Å²) in [6.45, 7) is 0.719. The monoisotopic (exact) mass is 264 g/mol. The molecular weight excluding hydrogens is 248 g/mol. The molecule has 3 aromatic rings. The van der Waals surface area contributed by atoms with Crippen LogP contribution in [-0.4, -0.2) is 9.55 Å². The van der Waals surface area contributed by atoms with Crippen LogP contribution < -0.4 is 5.56 Å². The number of fused-ring (bicyclic) bond motifs is 1. The molecule has 0 aliphatic heterocycles. The molecule has 0 fully saturated rings. The summed E-state index contributed by atoms with van der Waals surface area (Å²) in [5.74, 6) is 0. The van der Waals surface area contributed by atoms with Gasteiger partial charge in [-0.15, -0.1) is 0 Å². The highest BCUT2D eigenvalue weighted by Crippen LogP contribution is 2.10. The van der Waals surface area contributed by atoms with Crippen molar-refractivity contribution in [2.75, 3.05) is 0 Å². The van der Waals surface area contributed by atoms with Gasteiger partial charge in [-0.1, -0.05) is 42.5 Å². The van der Waals surface area contributed by atoms with Crippen LogP contribution in [0.4, 0.5) is 0 Å². The van der Waals surface area contributed by atoms with Gasteiger partial charge in [0.25, 0.3) is 5.56 Å². The number of hydrogen-bond donors (Lipinski definition) is 0. The van der Waals surface area contributed by atoms with Crippen LogP contribution in [0.2, 0.25) is 0 Å². The van der Waals surface area contributed by atoms with E-state index in [-0.39, 0.29) is 5.56 Å². The van der Waals surface area contributed by atoms with E-state index in [9.17, 15) is 4.79 Å². The van der Waals surface area contributed by atoms with Crippen molar-refractivity contribution >= 4 is 11.0 Å². The second-order valence-electron chi connectivity index (χ2n) is 4.83. The fourth-order valence-electron chi connectivity index (χ4n) is 2.43. The number of nitrogens with zero attached hydrogens (tertiary/aromatic N) is 2. The summed E-state index contributed by atoms with van der Waals surface area (Å²) in [7, 11) is 0. The fraction of sp³-hybridized carbons (Fsp3) is 0.176. The zero-order chi connectivity index (χ0) is 13.8. The summed E-state index contributed by atoms with van der Waals surface area (Å²) in [6, 6.07) is 18.1. The van der Waals surface area contributed by atoms with Crippen LogP contribution in [0.15, 0.2) is 65.6 Å². The standard InChI is InChI=1S/C17H16N2O/c20-17-13-18-15-10-4-5-11-16(15)19(17)12-6-9-14-7-2-1-3-8-14/h1-5,7-8,10-11,13H,6,9,12H2. The zero-order valence-electron chi connectivity index (χ0n) is 11.2. The Morgan fingerprint density at radius 2 is 1.70 bits per heavy atom. The minimum atomic E-state index is -0.0308. The third-order valence-electron chi connectivity index (χ3n) is 3.44. The van der Waals surface area contributed by atoms with Gasteiger partial charge in [0.2, 0.25) is 0 Å². The van der Waals surface area contributed by atoms with Gasteiger partial charge in [0.15, 0.2) is 0 Å². The highest BCUT2D eigenvalue weighted by Gasteiger charge is 2.03. The molecule has 1 heterocycles. The fourth-order valence-corrected chi connectivity index (χ4v) is 2.43. The van der Waals surface area contributed by atoms with Crippen molar-refractivity contribution in [3.63, 3.8) is 0 Å². The highest BCUT2D eigenvalue weighted by atomic mass is 16.1. The molecule has 0 atom stereocenters. The first-order valence-corrected chi connectivity index (χ1v) is 6.83. The van der Waals surface area contributed by atoms with Crippen LogP contribution in [0, 0.1) is 0 Å². The maximum Gasteiger partial charge on any atom is 0.269 e. The van der Waals surface area contributed by atoms with Gasteiger partial charge in [0, 0.05) is 6.54 Å². The third-order valence-corrected chi connectivity index (χ3v) is 3.44. The maximum atomic E-state index is 12.0. The number of benzene rings is 2. The highest BCUT2D eigenvalue weighted by molar-refractivity contribution is 5.74. The maximum absolute atomic E-state index is 12.0. The molecule has 20 heavy (non-hydrogen) atoms. The zero-order valence-corrected chi connectivity index (χ0v) is 11.2. The smallest absolute Gasteiger partial charge is 0.269 e. The molecule has 0 N–H and O–H groups in total. The van der Waals surface area contributed by atoms with Crippen molar-refractivity contribution in [1.82, 2.24) is 9.55 Å². The number of hydrogen-bond acceptors (Lipinski definition) is 2. The Morgan fingerprint density at radius 1 is 0.950 bits per heavy atom. The molecule has 0 saturated heterocycles. The summed E-state index contributed by atoms with van der Waals surface area (Å²) >= 11 is 0. The van der Waals surface area contributed by atoms with Gasteiger partial charge in [-0.2, -0.15) is 0 Å².